The Kier molecular flexibility index (Phi) is 4.90. The van der Waals surface area contributed by atoms with E-state index in [0.717, 1.165) is 25.4 Å². The van der Waals surface area contributed by atoms with E-state index in [1.54, 1.807) is 7.11 Å². The standard InChI is InChI=1S/C9H20N2O/c1-9(2,3)8(10)11-6-5-7-12-4/h5-7H2,1-4H3,(H2,10,11). The van der Waals surface area contributed by atoms with E-state index in [1.165, 1.54) is 0 Å². The molecule has 2 N–H and O–H groups in total. The number of ether oxygens (including phenoxy) is 1. The summed E-state index contributed by atoms with van der Waals surface area (Å²) in [4.78, 5) is 4.25. The third-order valence-electron chi connectivity index (χ3n) is 1.56. The molecule has 0 bridgehead atoms. The molecule has 72 valence electrons. The molecule has 0 radical (unpaired) electrons. The Bertz CT molecular complexity index is 147. The Morgan fingerprint density at radius 1 is 1.42 bits per heavy atom. The maximum Gasteiger partial charge on any atom is 0.0991 e. The van der Waals surface area contributed by atoms with Gasteiger partial charge in [-0.3, -0.25) is 4.99 Å². The Balaban J connectivity index is 3.70. The molecule has 0 saturated carbocycles. The van der Waals surface area contributed by atoms with Gasteiger partial charge >= 0.3 is 0 Å². The minimum absolute atomic E-state index is 0.00687. The van der Waals surface area contributed by atoms with E-state index < -0.39 is 0 Å². The fraction of sp³-hybridized carbons (Fsp3) is 0.889. The molecule has 0 aromatic rings. The zero-order valence-electron chi connectivity index (χ0n) is 8.55. The van der Waals surface area contributed by atoms with Crippen molar-refractivity contribution >= 4 is 5.84 Å². The van der Waals surface area contributed by atoms with Crippen LogP contribution in [0.5, 0.6) is 0 Å². The van der Waals surface area contributed by atoms with Gasteiger partial charge in [-0.15, -0.1) is 0 Å². The maximum absolute atomic E-state index is 5.74. The molecule has 0 spiro atoms. The summed E-state index contributed by atoms with van der Waals surface area (Å²) in [6.45, 7) is 7.68. The fourth-order valence-electron chi connectivity index (χ4n) is 0.646. The lowest BCUT2D eigenvalue weighted by Crippen LogP contribution is -2.29. The van der Waals surface area contributed by atoms with E-state index in [1.807, 2.05) is 0 Å². The third-order valence-corrected chi connectivity index (χ3v) is 1.56. The van der Waals surface area contributed by atoms with Gasteiger partial charge in [-0.05, 0) is 6.42 Å². The first kappa shape index (κ1) is 11.4. The van der Waals surface area contributed by atoms with Crippen molar-refractivity contribution in [1.82, 2.24) is 0 Å². The number of nitrogens with two attached hydrogens (primary N) is 1. The lowest BCUT2D eigenvalue weighted by atomic mass is 9.95. The van der Waals surface area contributed by atoms with E-state index in [9.17, 15) is 0 Å². The molecule has 0 amide bonds. The topological polar surface area (TPSA) is 47.6 Å². The second-order valence-electron chi connectivity index (χ2n) is 3.86. The van der Waals surface area contributed by atoms with Crippen molar-refractivity contribution in [2.75, 3.05) is 20.3 Å². The summed E-state index contributed by atoms with van der Waals surface area (Å²) in [5.41, 5.74) is 5.74. The zero-order chi connectivity index (χ0) is 9.61. The molecule has 3 heteroatoms. The molecule has 3 nitrogen and oxygen atoms in total. The van der Waals surface area contributed by atoms with Crippen LogP contribution in [0.25, 0.3) is 0 Å². The van der Waals surface area contributed by atoms with Crippen molar-refractivity contribution in [1.29, 1.82) is 0 Å². The Morgan fingerprint density at radius 2 is 2.00 bits per heavy atom. The lowest BCUT2D eigenvalue weighted by molar-refractivity contribution is 0.197. The largest absolute Gasteiger partial charge is 0.387 e. The van der Waals surface area contributed by atoms with Crippen LogP contribution in [0.2, 0.25) is 0 Å². The number of hydrogen-bond acceptors (Lipinski definition) is 2. The first-order chi connectivity index (χ1) is 5.48. The number of aliphatic imine (C=N–C) groups is 1. The smallest absolute Gasteiger partial charge is 0.0991 e. The molecule has 0 atom stereocenters. The molecule has 0 fully saturated rings. The van der Waals surface area contributed by atoms with E-state index in [4.69, 9.17) is 10.5 Å². The normalized spacial score (nSPS) is 13.5. The lowest BCUT2D eigenvalue weighted by Gasteiger charge is -2.17. The van der Waals surface area contributed by atoms with E-state index in [-0.39, 0.29) is 5.41 Å². The maximum atomic E-state index is 5.74. The van der Waals surface area contributed by atoms with Crippen LogP contribution < -0.4 is 5.73 Å². The first-order valence-corrected chi connectivity index (χ1v) is 4.28. The highest BCUT2D eigenvalue weighted by Gasteiger charge is 2.14. The zero-order valence-corrected chi connectivity index (χ0v) is 8.55. The molecule has 0 heterocycles. The molecule has 0 aliphatic rings. The molecular formula is C9H20N2O. The van der Waals surface area contributed by atoms with E-state index >= 15 is 0 Å². The van der Waals surface area contributed by atoms with Crippen molar-refractivity contribution in [2.24, 2.45) is 16.1 Å². The van der Waals surface area contributed by atoms with Gasteiger partial charge in [-0.2, -0.15) is 0 Å². The Morgan fingerprint density at radius 3 is 2.42 bits per heavy atom. The van der Waals surface area contributed by atoms with E-state index in [0.29, 0.717) is 0 Å². The van der Waals surface area contributed by atoms with Gasteiger partial charge in [0.2, 0.25) is 0 Å². The van der Waals surface area contributed by atoms with Crippen LogP contribution in [0.1, 0.15) is 27.2 Å². The van der Waals surface area contributed by atoms with Crippen molar-refractivity contribution in [3.8, 4) is 0 Å². The number of amidine groups is 1. The second kappa shape index (κ2) is 5.14. The highest BCUT2D eigenvalue weighted by atomic mass is 16.5. The monoisotopic (exact) mass is 172 g/mol. The molecule has 12 heavy (non-hydrogen) atoms. The fourth-order valence-corrected chi connectivity index (χ4v) is 0.646. The summed E-state index contributed by atoms with van der Waals surface area (Å²) in [5.74, 6) is 0.721. The van der Waals surface area contributed by atoms with Crippen LogP contribution in [0.15, 0.2) is 4.99 Å². The van der Waals surface area contributed by atoms with Crippen LogP contribution in [-0.2, 0) is 4.74 Å². The molecule has 0 aliphatic heterocycles. The molecular weight excluding hydrogens is 152 g/mol. The second-order valence-corrected chi connectivity index (χ2v) is 3.86. The number of nitrogens with zero attached hydrogens (tertiary/aromatic N) is 1. The van der Waals surface area contributed by atoms with Crippen molar-refractivity contribution in [3.63, 3.8) is 0 Å². The predicted octanol–water partition coefficient (Wildman–Crippen LogP) is 1.43. The summed E-state index contributed by atoms with van der Waals surface area (Å²) in [5, 5.41) is 0. The minimum Gasteiger partial charge on any atom is -0.387 e. The highest BCUT2D eigenvalue weighted by molar-refractivity contribution is 5.85. The van der Waals surface area contributed by atoms with Gasteiger partial charge in [0.1, 0.15) is 0 Å². The average molecular weight is 172 g/mol. The summed E-state index contributed by atoms with van der Waals surface area (Å²) >= 11 is 0. The van der Waals surface area contributed by atoms with Crippen molar-refractivity contribution < 1.29 is 4.74 Å². The summed E-state index contributed by atoms with van der Waals surface area (Å²) in [6, 6.07) is 0. The highest BCUT2D eigenvalue weighted by Crippen LogP contribution is 2.12. The third kappa shape index (κ3) is 5.13. The molecule has 0 aromatic carbocycles. The van der Waals surface area contributed by atoms with Crippen molar-refractivity contribution in [2.45, 2.75) is 27.2 Å². The minimum atomic E-state index is -0.00687. The van der Waals surface area contributed by atoms with Gasteiger partial charge in [0, 0.05) is 25.7 Å². The van der Waals surface area contributed by atoms with Crippen LogP contribution in [0, 0.1) is 5.41 Å². The molecule has 0 saturated heterocycles. The molecule has 0 aliphatic carbocycles. The first-order valence-electron chi connectivity index (χ1n) is 4.28. The van der Waals surface area contributed by atoms with Gasteiger partial charge in [0.05, 0.1) is 5.84 Å². The number of rotatable bonds is 4. The Hall–Kier alpha value is -0.570. The van der Waals surface area contributed by atoms with Gasteiger partial charge in [0.15, 0.2) is 0 Å². The summed E-state index contributed by atoms with van der Waals surface area (Å²) in [6.07, 6.45) is 0.938. The Labute approximate surface area is 75.0 Å². The van der Waals surface area contributed by atoms with Gasteiger partial charge in [0.25, 0.3) is 0 Å². The van der Waals surface area contributed by atoms with Crippen LogP contribution in [0.4, 0.5) is 0 Å². The van der Waals surface area contributed by atoms with Crippen LogP contribution >= 0.6 is 0 Å². The van der Waals surface area contributed by atoms with E-state index in [2.05, 4.69) is 25.8 Å². The summed E-state index contributed by atoms with van der Waals surface area (Å²) < 4.78 is 4.90. The molecule has 0 unspecified atom stereocenters. The van der Waals surface area contributed by atoms with Crippen LogP contribution in [-0.4, -0.2) is 26.1 Å². The van der Waals surface area contributed by atoms with Gasteiger partial charge < -0.3 is 10.5 Å². The quantitative estimate of drug-likeness (QED) is 0.396. The predicted molar refractivity (Wildman–Crippen MR) is 52.4 cm³/mol. The molecule has 0 aromatic heterocycles. The number of methoxy groups -OCH3 is 1. The summed E-state index contributed by atoms with van der Waals surface area (Å²) in [7, 11) is 1.69. The van der Waals surface area contributed by atoms with Crippen molar-refractivity contribution in [3.05, 3.63) is 0 Å². The molecule has 0 rings (SSSR count). The average Bonchev–Trinajstić information content (AvgIpc) is 1.96. The van der Waals surface area contributed by atoms with Gasteiger partial charge in [-0.25, -0.2) is 0 Å². The number of hydrogen-bond donors (Lipinski definition) is 1. The van der Waals surface area contributed by atoms with Crippen LogP contribution in [0.3, 0.4) is 0 Å². The SMILES string of the molecule is COCCCN=C(N)C(C)(C)C. The van der Waals surface area contributed by atoms with Gasteiger partial charge in [-0.1, -0.05) is 20.8 Å².